The maximum absolute atomic E-state index is 12.3. The summed E-state index contributed by atoms with van der Waals surface area (Å²) in [6, 6.07) is 7.36. The van der Waals surface area contributed by atoms with Crippen molar-refractivity contribution in [2.24, 2.45) is 11.8 Å². The monoisotopic (exact) mass is 407 g/mol. The molecule has 3 rings (SSSR count). The van der Waals surface area contributed by atoms with Crippen LogP contribution in [0.1, 0.15) is 36.3 Å². The Kier molecular flexibility index (Phi) is 5.69. The molecular formula is C18H22BrN3OS. The Morgan fingerprint density at radius 2 is 2.12 bits per heavy atom. The maximum atomic E-state index is 12.3. The third-order valence-electron chi connectivity index (χ3n) is 4.19. The van der Waals surface area contributed by atoms with Crippen LogP contribution in [-0.4, -0.2) is 28.9 Å². The lowest BCUT2D eigenvalue weighted by molar-refractivity contribution is 0.102. The number of hydrogen-bond acceptors (Lipinski definition) is 4. The molecule has 4 nitrogen and oxygen atoms in total. The maximum Gasteiger partial charge on any atom is 0.257 e. The minimum absolute atomic E-state index is 0.127. The number of nitrogens with one attached hydrogen (secondary N) is 1. The molecule has 2 atom stereocenters. The molecule has 0 spiro atoms. The number of amides is 1. The third kappa shape index (κ3) is 4.65. The fourth-order valence-corrected chi connectivity index (χ4v) is 4.48. The number of benzene rings is 1. The van der Waals surface area contributed by atoms with Gasteiger partial charge in [-0.15, -0.1) is 11.3 Å². The summed E-state index contributed by atoms with van der Waals surface area (Å²) in [5.41, 5.74) is 1.66. The van der Waals surface area contributed by atoms with Crippen LogP contribution in [0, 0.1) is 11.8 Å². The van der Waals surface area contributed by atoms with Gasteiger partial charge >= 0.3 is 0 Å². The van der Waals surface area contributed by atoms with Crippen LogP contribution in [0.4, 0.5) is 5.13 Å². The van der Waals surface area contributed by atoms with Crippen molar-refractivity contribution in [3.05, 3.63) is 45.4 Å². The number of hydrogen-bond donors (Lipinski definition) is 1. The number of aromatic nitrogens is 1. The van der Waals surface area contributed by atoms with E-state index in [1.807, 2.05) is 17.5 Å². The molecule has 0 saturated carbocycles. The Labute approximate surface area is 155 Å². The molecular weight excluding hydrogens is 386 g/mol. The first kappa shape index (κ1) is 17.6. The van der Waals surface area contributed by atoms with E-state index in [1.54, 1.807) is 12.1 Å². The van der Waals surface area contributed by atoms with Crippen LogP contribution in [0.5, 0.6) is 0 Å². The molecule has 2 aromatic rings. The number of carbonyl (C=O) groups excluding carboxylic acids is 1. The van der Waals surface area contributed by atoms with Gasteiger partial charge in [0.15, 0.2) is 5.13 Å². The first-order valence-corrected chi connectivity index (χ1v) is 9.90. The van der Waals surface area contributed by atoms with Gasteiger partial charge in [0.05, 0.1) is 5.69 Å². The van der Waals surface area contributed by atoms with Gasteiger partial charge in [-0.2, -0.15) is 0 Å². The van der Waals surface area contributed by atoms with E-state index in [1.165, 1.54) is 17.8 Å². The van der Waals surface area contributed by atoms with Gasteiger partial charge in [0.1, 0.15) is 0 Å². The second-order valence-electron chi connectivity index (χ2n) is 6.75. The van der Waals surface area contributed by atoms with Crippen molar-refractivity contribution in [2.45, 2.75) is 26.8 Å². The number of anilines is 1. The number of likely N-dealkylation sites (tertiary alicyclic amines) is 1. The van der Waals surface area contributed by atoms with Crippen molar-refractivity contribution in [3.8, 4) is 0 Å². The average Bonchev–Trinajstić information content (AvgIpc) is 2.93. The van der Waals surface area contributed by atoms with Gasteiger partial charge in [-0.25, -0.2) is 4.98 Å². The van der Waals surface area contributed by atoms with E-state index < -0.39 is 0 Å². The summed E-state index contributed by atoms with van der Waals surface area (Å²) in [6.07, 6.45) is 1.31. The molecule has 1 saturated heterocycles. The van der Waals surface area contributed by atoms with Crippen LogP contribution >= 0.6 is 27.3 Å². The zero-order chi connectivity index (χ0) is 17.1. The molecule has 6 heteroatoms. The van der Waals surface area contributed by atoms with Crippen LogP contribution in [0.3, 0.4) is 0 Å². The van der Waals surface area contributed by atoms with Crippen molar-refractivity contribution in [1.82, 2.24) is 9.88 Å². The van der Waals surface area contributed by atoms with Crippen molar-refractivity contribution in [3.63, 3.8) is 0 Å². The van der Waals surface area contributed by atoms with Crippen molar-refractivity contribution in [1.29, 1.82) is 0 Å². The Bertz CT molecular complexity index is 708. The van der Waals surface area contributed by atoms with Gasteiger partial charge in [-0.3, -0.25) is 15.0 Å². The summed E-state index contributed by atoms with van der Waals surface area (Å²) in [7, 11) is 0. The van der Waals surface area contributed by atoms with E-state index >= 15 is 0 Å². The minimum Gasteiger partial charge on any atom is -0.298 e. The fraction of sp³-hybridized carbons (Fsp3) is 0.444. The standard InChI is InChI=1S/C18H22BrN3OS/c1-12-6-13(2)9-22(8-12)10-16-11-24-18(20-16)21-17(23)14-4-3-5-15(19)7-14/h3-5,7,11-13H,6,8-10H2,1-2H3,(H,20,21,23)/t12-,13+. The second kappa shape index (κ2) is 7.76. The van der Waals surface area contributed by atoms with Gasteiger partial charge in [-0.1, -0.05) is 35.8 Å². The summed E-state index contributed by atoms with van der Waals surface area (Å²) in [5.74, 6) is 1.35. The molecule has 0 aliphatic carbocycles. The molecule has 1 amide bonds. The van der Waals surface area contributed by atoms with Crippen LogP contribution in [0.2, 0.25) is 0 Å². The molecule has 0 bridgehead atoms. The van der Waals surface area contributed by atoms with E-state index in [4.69, 9.17) is 0 Å². The van der Waals surface area contributed by atoms with E-state index in [0.717, 1.165) is 41.6 Å². The molecule has 1 aromatic carbocycles. The Morgan fingerprint density at radius 1 is 1.38 bits per heavy atom. The van der Waals surface area contributed by atoms with Crippen LogP contribution in [0.25, 0.3) is 0 Å². The van der Waals surface area contributed by atoms with E-state index in [2.05, 4.69) is 45.0 Å². The first-order chi connectivity index (χ1) is 11.5. The van der Waals surface area contributed by atoms with E-state index in [-0.39, 0.29) is 5.91 Å². The predicted octanol–water partition coefficient (Wildman–Crippen LogP) is 4.64. The smallest absolute Gasteiger partial charge is 0.257 e. The lowest BCUT2D eigenvalue weighted by Crippen LogP contribution is -2.38. The summed E-state index contributed by atoms with van der Waals surface area (Å²) in [6.45, 7) is 7.74. The van der Waals surface area contributed by atoms with Gasteiger partial charge in [-0.05, 0) is 36.5 Å². The highest BCUT2D eigenvalue weighted by Crippen LogP contribution is 2.24. The number of piperidine rings is 1. The molecule has 128 valence electrons. The molecule has 24 heavy (non-hydrogen) atoms. The molecule has 1 aliphatic rings. The highest BCUT2D eigenvalue weighted by atomic mass is 79.9. The highest BCUT2D eigenvalue weighted by Gasteiger charge is 2.22. The van der Waals surface area contributed by atoms with Crippen molar-refractivity contribution in [2.75, 3.05) is 18.4 Å². The summed E-state index contributed by atoms with van der Waals surface area (Å²) in [5, 5.41) is 5.59. The Morgan fingerprint density at radius 3 is 2.83 bits per heavy atom. The quantitative estimate of drug-likeness (QED) is 0.802. The van der Waals surface area contributed by atoms with E-state index in [0.29, 0.717) is 10.7 Å². The molecule has 1 aliphatic heterocycles. The topological polar surface area (TPSA) is 45.2 Å². The highest BCUT2D eigenvalue weighted by molar-refractivity contribution is 9.10. The van der Waals surface area contributed by atoms with Gasteiger partial charge in [0.25, 0.3) is 5.91 Å². The predicted molar refractivity (Wildman–Crippen MR) is 102 cm³/mol. The number of rotatable bonds is 4. The normalized spacial score (nSPS) is 21.6. The van der Waals surface area contributed by atoms with E-state index in [9.17, 15) is 4.79 Å². The molecule has 1 N–H and O–H groups in total. The molecule has 0 radical (unpaired) electrons. The van der Waals surface area contributed by atoms with Gasteiger partial charge in [0.2, 0.25) is 0 Å². The fourth-order valence-electron chi connectivity index (χ4n) is 3.39. The van der Waals surface area contributed by atoms with Crippen molar-refractivity contribution < 1.29 is 4.79 Å². The third-order valence-corrected chi connectivity index (χ3v) is 5.49. The number of halogens is 1. The molecule has 0 unspecified atom stereocenters. The molecule has 2 heterocycles. The zero-order valence-electron chi connectivity index (χ0n) is 14.0. The number of thiazole rings is 1. The summed E-state index contributed by atoms with van der Waals surface area (Å²) in [4.78, 5) is 19.3. The SMILES string of the molecule is C[C@@H]1C[C@H](C)CN(Cc2csc(NC(=O)c3cccc(Br)c3)n2)C1. The number of carbonyl (C=O) groups is 1. The van der Waals surface area contributed by atoms with Crippen LogP contribution in [-0.2, 0) is 6.54 Å². The largest absolute Gasteiger partial charge is 0.298 e. The Hall–Kier alpha value is -1.24. The van der Waals surface area contributed by atoms with Gasteiger partial charge < -0.3 is 0 Å². The number of nitrogens with zero attached hydrogens (tertiary/aromatic N) is 2. The second-order valence-corrected chi connectivity index (χ2v) is 8.52. The zero-order valence-corrected chi connectivity index (χ0v) is 16.4. The van der Waals surface area contributed by atoms with Crippen LogP contribution < -0.4 is 5.32 Å². The Balaban J connectivity index is 1.60. The lowest BCUT2D eigenvalue weighted by Gasteiger charge is -2.34. The van der Waals surface area contributed by atoms with Gasteiger partial charge in [0, 0.05) is 35.1 Å². The minimum atomic E-state index is -0.127. The summed E-state index contributed by atoms with van der Waals surface area (Å²) < 4.78 is 0.892. The first-order valence-electron chi connectivity index (χ1n) is 8.23. The average molecular weight is 408 g/mol. The summed E-state index contributed by atoms with van der Waals surface area (Å²) >= 11 is 4.87. The molecule has 1 aromatic heterocycles. The lowest BCUT2D eigenvalue weighted by atomic mass is 9.92. The molecule has 1 fully saturated rings. The van der Waals surface area contributed by atoms with Crippen molar-refractivity contribution >= 4 is 38.3 Å². The van der Waals surface area contributed by atoms with Crippen LogP contribution in [0.15, 0.2) is 34.1 Å².